The first-order valence-electron chi connectivity index (χ1n) is 10.6. The maximum Gasteiger partial charge on any atom is 0.343 e. The number of aryl methyl sites for hydroxylation is 1. The summed E-state index contributed by atoms with van der Waals surface area (Å²) in [6.07, 6.45) is 5.38. The average molecular weight is 417 g/mol. The summed E-state index contributed by atoms with van der Waals surface area (Å²) < 4.78 is 7.76. The van der Waals surface area contributed by atoms with Crippen LogP contribution in [0.1, 0.15) is 74.4 Å². The molecule has 0 amide bonds. The average Bonchev–Trinajstić information content (AvgIpc) is 3.11. The van der Waals surface area contributed by atoms with E-state index in [0.29, 0.717) is 17.1 Å². The second-order valence-corrected chi connectivity index (χ2v) is 9.95. The molecule has 0 N–H and O–H groups in total. The number of benzene rings is 2. The third-order valence-corrected chi connectivity index (χ3v) is 5.34. The lowest BCUT2D eigenvalue weighted by Gasteiger charge is -2.20. The summed E-state index contributed by atoms with van der Waals surface area (Å²) in [5.41, 5.74) is 3.82. The maximum atomic E-state index is 12.9. The quantitative estimate of drug-likeness (QED) is 0.367. The number of esters is 1. The number of imidazole rings is 1. The van der Waals surface area contributed by atoms with Crippen LogP contribution in [0.15, 0.2) is 60.9 Å². The van der Waals surface area contributed by atoms with Crippen molar-refractivity contribution in [3.05, 3.63) is 89.0 Å². The molecule has 162 valence electrons. The van der Waals surface area contributed by atoms with Gasteiger partial charge in [0, 0.05) is 31.1 Å². The lowest BCUT2D eigenvalue weighted by Crippen LogP contribution is -2.12. The van der Waals surface area contributed by atoms with Crippen LogP contribution in [0.25, 0.3) is 11.8 Å². The topological polar surface area (TPSA) is 44.1 Å². The Hall–Kier alpha value is -3.14. The minimum atomic E-state index is -0.388. The van der Waals surface area contributed by atoms with Gasteiger partial charge in [0.05, 0.1) is 5.56 Å². The second-order valence-electron chi connectivity index (χ2n) is 9.95. The number of carbonyl (C=O) groups excluding carboxylic acids is 1. The molecule has 31 heavy (non-hydrogen) atoms. The van der Waals surface area contributed by atoms with Crippen LogP contribution < -0.4 is 0 Å². The highest BCUT2D eigenvalue weighted by atomic mass is 16.5. The van der Waals surface area contributed by atoms with Crippen molar-refractivity contribution >= 4 is 17.8 Å². The van der Waals surface area contributed by atoms with Crippen LogP contribution in [0.5, 0.6) is 0 Å². The lowest BCUT2D eigenvalue weighted by molar-refractivity contribution is 0.0693. The Morgan fingerprint density at radius 3 is 1.74 bits per heavy atom. The highest BCUT2D eigenvalue weighted by Gasteiger charge is 2.18. The van der Waals surface area contributed by atoms with Crippen molar-refractivity contribution in [2.45, 2.75) is 52.4 Å². The first-order valence-corrected chi connectivity index (χ1v) is 10.6. The van der Waals surface area contributed by atoms with Crippen LogP contribution >= 0.6 is 0 Å². The Balaban J connectivity index is 1.93. The number of carbonyl (C=O) groups is 1. The van der Waals surface area contributed by atoms with Gasteiger partial charge in [-0.3, -0.25) is 0 Å². The molecule has 0 bridgehead atoms. The molecule has 0 aliphatic rings. The van der Waals surface area contributed by atoms with Crippen molar-refractivity contribution in [3.63, 3.8) is 0 Å². The second kappa shape index (κ2) is 8.54. The zero-order valence-corrected chi connectivity index (χ0v) is 19.6. The molecule has 3 aromatic rings. The fraction of sp³-hybridized carbons (Fsp3) is 0.333. The fourth-order valence-corrected chi connectivity index (χ4v) is 3.20. The Labute approximate surface area is 185 Å². The highest BCUT2D eigenvalue weighted by Crippen LogP contribution is 2.27. The van der Waals surface area contributed by atoms with Crippen LogP contribution in [0.2, 0.25) is 0 Å². The molecule has 0 spiro atoms. The molecule has 2 aromatic carbocycles. The minimum absolute atomic E-state index is 0.0283. The minimum Gasteiger partial charge on any atom is -0.422 e. The number of nitrogens with zero attached hydrogens (tertiary/aromatic N) is 2. The molecule has 0 saturated carbocycles. The molecule has 0 unspecified atom stereocenters. The summed E-state index contributed by atoms with van der Waals surface area (Å²) in [5.74, 6) is 0.797. The van der Waals surface area contributed by atoms with Crippen molar-refractivity contribution in [1.29, 1.82) is 0 Å². The van der Waals surface area contributed by atoms with Crippen LogP contribution in [0, 0.1) is 0 Å². The molecule has 1 heterocycles. The van der Waals surface area contributed by atoms with Gasteiger partial charge in [-0.25, -0.2) is 9.78 Å². The molecule has 4 heteroatoms. The predicted octanol–water partition coefficient (Wildman–Crippen LogP) is 6.37. The summed E-state index contributed by atoms with van der Waals surface area (Å²) >= 11 is 0. The number of ether oxygens (including phenoxy) is 1. The van der Waals surface area contributed by atoms with Crippen molar-refractivity contribution in [2.24, 2.45) is 7.05 Å². The third kappa shape index (κ3) is 5.52. The first-order chi connectivity index (χ1) is 14.4. The Bertz CT molecular complexity index is 1070. The van der Waals surface area contributed by atoms with E-state index in [4.69, 9.17) is 4.74 Å². The molecule has 0 aliphatic carbocycles. The van der Waals surface area contributed by atoms with Gasteiger partial charge >= 0.3 is 5.97 Å². The molecular formula is C27H32N2O2. The Morgan fingerprint density at radius 1 is 0.839 bits per heavy atom. The normalized spacial score (nSPS) is 12.7. The maximum absolute atomic E-state index is 12.9. The van der Waals surface area contributed by atoms with Gasteiger partial charge in [-0.15, -0.1) is 0 Å². The fourth-order valence-electron chi connectivity index (χ4n) is 3.20. The van der Waals surface area contributed by atoms with E-state index in [1.54, 1.807) is 12.3 Å². The zero-order chi connectivity index (χ0) is 22.8. The monoisotopic (exact) mass is 416 g/mol. The van der Waals surface area contributed by atoms with Crippen LogP contribution in [0.3, 0.4) is 0 Å². The highest BCUT2D eigenvalue weighted by molar-refractivity contribution is 5.95. The van der Waals surface area contributed by atoms with E-state index < -0.39 is 0 Å². The van der Waals surface area contributed by atoms with E-state index in [1.807, 2.05) is 54.2 Å². The summed E-state index contributed by atoms with van der Waals surface area (Å²) in [7, 11) is 1.91. The van der Waals surface area contributed by atoms with Gasteiger partial charge in [-0.1, -0.05) is 77.9 Å². The molecule has 0 fully saturated rings. The smallest absolute Gasteiger partial charge is 0.343 e. The van der Waals surface area contributed by atoms with Crippen molar-refractivity contribution in [3.8, 4) is 0 Å². The van der Waals surface area contributed by atoms with Gasteiger partial charge in [0.15, 0.2) is 0 Å². The molecule has 0 radical (unpaired) electrons. The predicted molar refractivity (Wildman–Crippen MR) is 127 cm³/mol. The van der Waals surface area contributed by atoms with Crippen molar-refractivity contribution < 1.29 is 9.53 Å². The summed E-state index contributed by atoms with van der Waals surface area (Å²) in [6, 6.07) is 15.7. The van der Waals surface area contributed by atoms with E-state index >= 15 is 0 Å². The molecule has 0 saturated heterocycles. The van der Waals surface area contributed by atoms with E-state index in [0.717, 1.165) is 5.56 Å². The molecule has 0 aliphatic heterocycles. The zero-order valence-electron chi connectivity index (χ0n) is 19.6. The molecule has 1 aromatic heterocycles. The van der Waals surface area contributed by atoms with Gasteiger partial charge < -0.3 is 9.30 Å². The SMILES string of the molecule is Cn1ccnc1C=C(OC(=O)c1ccc(C(C)(C)C)cc1)c1ccc(C(C)(C)C)cc1. The van der Waals surface area contributed by atoms with Gasteiger partial charge in [0.2, 0.25) is 0 Å². The number of hydrogen-bond donors (Lipinski definition) is 0. The Morgan fingerprint density at radius 2 is 1.32 bits per heavy atom. The summed E-state index contributed by atoms with van der Waals surface area (Å²) in [6.45, 7) is 13.0. The summed E-state index contributed by atoms with van der Waals surface area (Å²) in [4.78, 5) is 17.3. The Kier molecular flexibility index (Phi) is 6.21. The molecule has 3 rings (SSSR count). The molecule has 0 atom stereocenters. The van der Waals surface area contributed by atoms with Crippen molar-refractivity contribution in [2.75, 3.05) is 0 Å². The van der Waals surface area contributed by atoms with Crippen LogP contribution in [-0.4, -0.2) is 15.5 Å². The first kappa shape index (κ1) is 22.5. The number of rotatable bonds is 4. The summed E-state index contributed by atoms with van der Waals surface area (Å²) in [5, 5.41) is 0. The van der Waals surface area contributed by atoms with Gasteiger partial charge in [-0.2, -0.15) is 0 Å². The van der Waals surface area contributed by atoms with E-state index in [1.165, 1.54) is 11.1 Å². The van der Waals surface area contributed by atoms with Crippen LogP contribution in [0.4, 0.5) is 0 Å². The standard InChI is InChI=1S/C27H32N2O2/c1-26(2,3)21-12-8-19(9-13-21)23(18-24-28-16-17-29(24)7)31-25(30)20-10-14-22(15-11-20)27(4,5)6/h8-18H,1-7H3. The van der Waals surface area contributed by atoms with E-state index in [2.05, 4.69) is 58.7 Å². The largest absolute Gasteiger partial charge is 0.422 e. The van der Waals surface area contributed by atoms with Gasteiger partial charge in [0.25, 0.3) is 0 Å². The number of aromatic nitrogens is 2. The van der Waals surface area contributed by atoms with E-state index in [9.17, 15) is 4.79 Å². The molecular weight excluding hydrogens is 384 g/mol. The van der Waals surface area contributed by atoms with Crippen LogP contribution in [-0.2, 0) is 22.6 Å². The van der Waals surface area contributed by atoms with Crippen molar-refractivity contribution in [1.82, 2.24) is 9.55 Å². The van der Waals surface area contributed by atoms with E-state index in [-0.39, 0.29) is 16.8 Å². The lowest BCUT2D eigenvalue weighted by atomic mass is 9.86. The van der Waals surface area contributed by atoms with Gasteiger partial charge in [-0.05, 0) is 34.1 Å². The third-order valence-electron chi connectivity index (χ3n) is 5.34. The number of hydrogen-bond acceptors (Lipinski definition) is 3. The van der Waals surface area contributed by atoms with Gasteiger partial charge in [0.1, 0.15) is 11.6 Å². The molecule has 4 nitrogen and oxygen atoms in total.